The Kier molecular flexibility index (Phi) is 52.1. The van der Waals surface area contributed by atoms with E-state index in [1.165, 1.54) is 96.3 Å². The Morgan fingerprint density at radius 1 is 0.340 bits per heavy atom. The van der Waals surface area contributed by atoms with Crippen molar-refractivity contribution in [2.45, 2.75) is 196 Å². The van der Waals surface area contributed by atoms with E-state index in [1.54, 1.807) is 0 Å². The monoisotopic (exact) mass is 1030 g/mol. The predicted molar refractivity (Wildman–Crippen MR) is 193 cm³/mol. The minimum atomic E-state index is -4.25. The van der Waals surface area contributed by atoms with E-state index < -0.39 is 22.8 Å². The first kappa shape index (κ1) is 62.3. The van der Waals surface area contributed by atoms with Crippen LogP contribution >= 0.6 is 22.8 Å². The van der Waals surface area contributed by atoms with Gasteiger partial charge in [0.15, 0.2) is 0 Å². The van der Waals surface area contributed by atoms with Crippen LogP contribution in [0, 0.1) is 99.4 Å². The molecule has 3 atom stereocenters. The molecule has 2 radical (unpaired) electrons. The molecule has 0 bridgehead atoms. The molecule has 50 heavy (non-hydrogen) atoms. The topological polar surface area (TPSA) is 190 Å². The van der Waals surface area contributed by atoms with Gasteiger partial charge in [0.1, 0.15) is 0 Å². The minimum Gasteiger partial charge on any atom is -0.811 e. The third-order valence-corrected chi connectivity index (χ3v) is 11.9. The molecule has 0 heterocycles. The van der Waals surface area contributed by atoms with Gasteiger partial charge in [-0.1, -0.05) is 199 Å². The molecule has 0 aromatic rings. The molecule has 0 N–H and O–H groups in total. The molecule has 0 fully saturated rings. The number of unbranched alkanes of at least 4 members (excludes halogenated alkanes) is 9. The van der Waals surface area contributed by atoms with Gasteiger partial charge in [-0.2, -0.15) is 0 Å². The molecular weight excluding hydrogens is 958 g/mol. The summed E-state index contributed by atoms with van der Waals surface area (Å²) < 4.78 is 31.2. The van der Waals surface area contributed by atoms with Crippen molar-refractivity contribution < 1.29 is 125 Å². The van der Waals surface area contributed by atoms with E-state index >= 15 is 0 Å². The van der Waals surface area contributed by atoms with Gasteiger partial charge >= 0.3 is 81.7 Å². The summed E-state index contributed by atoms with van der Waals surface area (Å²) in [5, 5.41) is 0. The van der Waals surface area contributed by atoms with Gasteiger partial charge < -0.3 is 43.1 Å². The SMILES string of the molecule is CCCCC(CC)CCCCCP(=O)([O-])[O-].CCCCC(CC)CCCCCP(=O)([O-])[O-].CCCCC(CC)CCCCCP(=O)([O-])[O-].[Nd+3].[Nd+3]. The second-order valence-corrected chi connectivity index (χ2v) is 18.8. The molecule has 0 spiro atoms. The summed E-state index contributed by atoms with van der Waals surface area (Å²) in [6.07, 6.45) is 25.5. The molecule has 0 aliphatic carbocycles. The maximum absolute atomic E-state index is 10.4. The van der Waals surface area contributed by atoms with E-state index in [-0.39, 0.29) is 100 Å². The standard InChI is InChI=1S/3C12H27O3P.2Nd/c3*1-3-5-9-12(4-2)10-7-6-8-11-16(13,14)15;;/h3*12H,3-11H2,1-2H3,(H2,13,14,15);;/q;;;2*+3/p-6. The van der Waals surface area contributed by atoms with Crippen molar-refractivity contribution in [3.8, 4) is 0 Å². The molecule has 0 aromatic heterocycles. The molecular formula is C36H75Nd2O9P3. The van der Waals surface area contributed by atoms with Crippen molar-refractivity contribution in [1.82, 2.24) is 0 Å². The maximum atomic E-state index is 10.4. The van der Waals surface area contributed by atoms with Gasteiger partial charge in [-0.25, -0.2) is 0 Å². The summed E-state index contributed by atoms with van der Waals surface area (Å²) in [7, 11) is -12.8. The largest absolute Gasteiger partial charge is 3.00 e. The van der Waals surface area contributed by atoms with Crippen LogP contribution in [0.1, 0.15) is 196 Å². The van der Waals surface area contributed by atoms with E-state index in [4.69, 9.17) is 0 Å². The fourth-order valence-corrected chi connectivity index (χ4v) is 7.71. The summed E-state index contributed by atoms with van der Waals surface area (Å²) in [6, 6.07) is 0. The first-order valence-electron chi connectivity index (χ1n) is 19.5. The summed E-state index contributed by atoms with van der Waals surface area (Å²) >= 11 is 0. The first-order valence-corrected chi connectivity index (χ1v) is 24.7. The van der Waals surface area contributed by atoms with Crippen molar-refractivity contribution in [3.05, 3.63) is 0 Å². The van der Waals surface area contributed by atoms with Crippen LogP contribution < -0.4 is 29.4 Å². The molecule has 0 amide bonds. The summed E-state index contributed by atoms with van der Waals surface area (Å²) in [4.78, 5) is 62.4. The van der Waals surface area contributed by atoms with Crippen LogP contribution in [-0.4, -0.2) is 18.5 Å². The van der Waals surface area contributed by atoms with Gasteiger partial charge in [0.2, 0.25) is 0 Å². The quantitative estimate of drug-likeness (QED) is 0.0507. The van der Waals surface area contributed by atoms with E-state index in [9.17, 15) is 43.1 Å². The molecule has 14 heteroatoms. The summed E-state index contributed by atoms with van der Waals surface area (Å²) in [5.74, 6) is 2.35. The molecule has 0 aliphatic heterocycles. The van der Waals surface area contributed by atoms with Crippen LogP contribution in [0.25, 0.3) is 0 Å². The zero-order valence-electron chi connectivity index (χ0n) is 32.8. The van der Waals surface area contributed by atoms with Gasteiger partial charge in [-0.3, -0.25) is 0 Å². The maximum Gasteiger partial charge on any atom is 3.00 e. The molecule has 0 rings (SSSR count). The molecule has 9 nitrogen and oxygen atoms in total. The van der Waals surface area contributed by atoms with Crippen LogP contribution in [0.4, 0.5) is 0 Å². The Morgan fingerprint density at radius 3 is 0.700 bits per heavy atom. The third kappa shape index (κ3) is 55.5. The zero-order valence-corrected chi connectivity index (χ0v) is 41.9. The first-order chi connectivity index (χ1) is 22.5. The fraction of sp³-hybridized carbons (Fsp3) is 1.00. The van der Waals surface area contributed by atoms with Crippen molar-refractivity contribution in [3.63, 3.8) is 0 Å². The number of rotatable bonds is 30. The fourth-order valence-electron chi connectivity index (χ4n) is 5.88. The van der Waals surface area contributed by atoms with Crippen molar-refractivity contribution in [1.29, 1.82) is 0 Å². The molecule has 0 aromatic carbocycles. The molecule has 0 aliphatic rings. The Labute approximate surface area is 375 Å². The molecule has 296 valence electrons. The van der Waals surface area contributed by atoms with E-state index in [2.05, 4.69) is 41.5 Å². The summed E-state index contributed by atoms with van der Waals surface area (Å²) in [6.45, 7) is 13.2. The van der Waals surface area contributed by atoms with Crippen molar-refractivity contribution in [2.75, 3.05) is 18.5 Å². The van der Waals surface area contributed by atoms with Gasteiger partial charge in [0.05, 0.1) is 0 Å². The minimum absolute atomic E-state index is 0. The third-order valence-electron chi connectivity index (χ3n) is 9.26. The van der Waals surface area contributed by atoms with Gasteiger partial charge in [0.25, 0.3) is 0 Å². The van der Waals surface area contributed by atoms with Crippen molar-refractivity contribution >= 4 is 22.8 Å². The average molecular weight is 1030 g/mol. The van der Waals surface area contributed by atoms with Crippen molar-refractivity contribution in [2.24, 2.45) is 17.8 Å². The Hall–Kier alpha value is 3.15. The Bertz CT molecular complexity index is 718. The van der Waals surface area contributed by atoms with Crippen LogP contribution in [0.3, 0.4) is 0 Å². The van der Waals surface area contributed by atoms with Gasteiger partial charge in [0, 0.05) is 0 Å². The van der Waals surface area contributed by atoms with E-state index in [0.29, 0.717) is 19.3 Å². The smallest absolute Gasteiger partial charge is 0.811 e. The van der Waals surface area contributed by atoms with Gasteiger partial charge in [-0.05, 0) is 55.5 Å². The van der Waals surface area contributed by atoms with Crippen LogP contribution in [0.5, 0.6) is 0 Å². The van der Waals surface area contributed by atoms with Gasteiger partial charge in [-0.15, -0.1) is 0 Å². The molecule has 0 saturated carbocycles. The Morgan fingerprint density at radius 2 is 0.540 bits per heavy atom. The van der Waals surface area contributed by atoms with Crippen LogP contribution in [0.2, 0.25) is 0 Å². The average Bonchev–Trinajstić information content (AvgIpc) is 3.00. The molecule has 0 saturated heterocycles. The van der Waals surface area contributed by atoms with E-state index in [1.807, 2.05) is 0 Å². The Balaban J connectivity index is -0.000000199. The number of hydrogen-bond acceptors (Lipinski definition) is 9. The summed E-state index contributed by atoms with van der Waals surface area (Å²) in [5.41, 5.74) is 0. The van der Waals surface area contributed by atoms with Crippen LogP contribution in [-0.2, 0) is 13.7 Å². The van der Waals surface area contributed by atoms with Crippen LogP contribution in [0.15, 0.2) is 0 Å². The predicted octanol–water partition coefficient (Wildman–Crippen LogP) is 8.03. The second kappa shape index (κ2) is 41.8. The number of hydrogen-bond donors (Lipinski definition) is 0. The normalized spacial score (nSPS) is 13.4. The second-order valence-electron chi connectivity index (χ2n) is 13.8. The zero-order chi connectivity index (χ0) is 37.3. The molecule has 3 unspecified atom stereocenters. The van der Waals surface area contributed by atoms with E-state index in [0.717, 1.165) is 56.3 Å².